The summed E-state index contributed by atoms with van der Waals surface area (Å²) in [4.78, 5) is 0. The molecule has 1 rings (SSSR count). The van der Waals surface area contributed by atoms with E-state index in [4.69, 9.17) is 0 Å². The van der Waals surface area contributed by atoms with Crippen LogP contribution < -0.4 is 5.32 Å². The summed E-state index contributed by atoms with van der Waals surface area (Å²) < 4.78 is 0. The van der Waals surface area contributed by atoms with Crippen molar-refractivity contribution in [3.05, 3.63) is 0 Å². The van der Waals surface area contributed by atoms with Gasteiger partial charge in [-0.3, -0.25) is 0 Å². The Kier molecular flexibility index (Phi) is 6.41. The zero-order chi connectivity index (χ0) is 12.0. The van der Waals surface area contributed by atoms with E-state index < -0.39 is 0 Å². The summed E-state index contributed by atoms with van der Waals surface area (Å²) in [6.45, 7) is 10.6. The van der Waals surface area contributed by atoms with Gasteiger partial charge in [-0.2, -0.15) is 0 Å². The molecule has 0 aromatic rings. The van der Waals surface area contributed by atoms with Crippen LogP contribution in [0.25, 0.3) is 0 Å². The fourth-order valence-electron chi connectivity index (χ4n) is 2.75. The van der Waals surface area contributed by atoms with Crippen molar-refractivity contribution in [3.8, 4) is 0 Å². The van der Waals surface area contributed by atoms with Crippen molar-refractivity contribution in [1.29, 1.82) is 0 Å². The van der Waals surface area contributed by atoms with Crippen LogP contribution in [0.3, 0.4) is 0 Å². The summed E-state index contributed by atoms with van der Waals surface area (Å²) >= 11 is 0. The monoisotopic (exact) mass is 225 g/mol. The molecule has 1 N–H and O–H groups in total. The molecule has 0 radical (unpaired) electrons. The number of hydrogen-bond acceptors (Lipinski definition) is 1. The number of rotatable bonds is 9. The van der Waals surface area contributed by atoms with E-state index in [2.05, 4.69) is 33.0 Å². The normalized spacial score (nSPS) is 20.1. The van der Waals surface area contributed by atoms with Crippen molar-refractivity contribution in [1.82, 2.24) is 5.32 Å². The highest BCUT2D eigenvalue weighted by Crippen LogP contribution is 2.39. The summed E-state index contributed by atoms with van der Waals surface area (Å²) in [5, 5.41) is 3.79. The first-order valence-electron chi connectivity index (χ1n) is 7.46. The average molecular weight is 225 g/mol. The molecule has 1 heteroatoms. The summed E-state index contributed by atoms with van der Waals surface area (Å²) in [7, 11) is 0. The molecule has 1 fully saturated rings. The van der Waals surface area contributed by atoms with Crippen molar-refractivity contribution >= 4 is 0 Å². The maximum Gasteiger partial charge on any atom is 0.00979 e. The van der Waals surface area contributed by atoms with Crippen molar-refractivity contribution < 1.29 is 0 Å². The first-order chi connectivity index (χ1) is 7.72. The predicted molar refractivity (Wildman–Crippen MR) is 72.7 cm³/mol. The Labute approximate surface area is 102 Å². The Morgan fingerprint density at radius 3 is 2.19 bits per heavy atom. The van der Waals surface area contributed by atoms with Crippen molar-refractivity contribution in [2.75, 3.05) is 6.54 Å². The quantitative estimate of drug-likeness (QED) is 0.619. The zero-order valence-electron chi connectivity index (χ0n) is 11.8. The summed E-state index contributed by atoms with van der Waals surface area (Å²) in [5.74, 6) is 2.85. The Morgan fingerprint density at radius 2 is 1.75 bits per heavy atom. The second-order valence-electron chi connectivity index (χ2n) is 5.68. The molecule has 2 atom stereocenters. The van der Waals surface area contributed by atoms with Gasteiger partial charge in [0.15, 0.2) is 0 Å². The first-order valence-corrected chi connectivity index (χ1v) is 7.46. The van der Waals surface area contributed by atoms with Gasteiger partial charge in [-0.1, -0.05) is 40.5 Å². The van der Waals surface area contributed by atoms with E-state index in [9.17, 15) is 0 Å². The Balaban J connectivity index is 2.41. The zero-order valence-corrected chi connectivity index (χ0v) is 11.8. The van der Waals surface area contributed by atoms with E-state index in [1.807, 2.05) is 0 Å². The fourth-order valence-corrected chi connectivity index (χ4v) is 2.75. The van der Waals surface area contributed by atoms with Gasteiger partial charge >= 0.3 is 0 Å². The third-order valence-corrected chi connectivity index (χ3v) is 4.40. The van der Waals surface area contributed by atoms with Crippen LogP contribution in [0, 0.1) is 17.8 Å². The Hall–Kier alpha value is -0.0400. The van der Waals surface area contributed by atoms with Crippen LogP contribution in [-0.2, 0) is 0 Å². The van der Waals surface area contributed by atoms with E-state index in [-0.39, 0.29) is 0 Å². The van der Waals surface area contributed by atoms with Crippen molar-refractivity contribution in [2.45, 2.75) is 72.3 Å². The third-order valence-electron chi connectivity index (χ3n) is 4.40. The standard InChI is InChI=1S/C15H31N/c1-5-10-16-15(11-13(6-2)7-3)12(4)14-8-9-14/h12-16H,5-11H2,1-4H3. The van der Waals surface area contributed by atoms with Crippen LogP contribution in [0.4, 0.5) is 0 Å². The lowest BCUT2D eigenvalue weighted by Crippen LogP contribution is -2.38. The molecule has 1 aliphatic carbocycles. The number of nitrogens with one attached hydrogen (secondary N) is 1. The molecule has 0 aromatic carbocycles. The minimum Gasteiger partial charge on any atom is -0.314 e. The smallest absolute Gasteiger partial charge is 0.00979 e. The molecule has 0 amide bonds. The molecule has 0 aromatic heterocycles. The molecule has 2 unspecified atom stereocenters. The molecule has 0 spiro atoms. The maximum absolute atomic E-state index is 3.79. The Morgan fingerprint density at radius 1 is 1.12 bits per heavy atom. The van der Waals surface area contributed by atoms with Gasteiger partial charge < -0.3 is 5.32 Å². The molecule has 96 valence electrons. The second-order valence-corrected chi connectivity index (χ2v) is 5.68. The molecule has 1 aliphatic rings. The van der Waals surface area contributed by atoms with E-state index >= 15 is 0 Å². The lowest BCUT2D eigenvalue weighted by Gasteiger charge is -2.28. The van der Waals surface area contributed by atoms with Crippen LogP contribution >= 0.6 is 0 Å². The van der Waals surface area contributed by atoms with Gasteiger partial charge in [0.2, 0.25) is 0 Å². The predicted octanol–water partition coefficient (Wildman–Crippen LogP) is 4.23. The summed E-state index contributed by atoms with van der Waals surface area (Å²) in [5.41, 5.74) is 0. The average Bonchev–Trinajstić information content (AvgIpc) is 3.13. The molecular formula is C15H31N. The highest BCUT2D eigenvalue weighted by Gasteiger charge is 2.33. The summed E-state index contributed by atoms with van der Waals surface area (Å²) in [6, 6.07) is 0.775. The van der Waals surface area contributed by atoms with E-state index in [1.165, 1.54) is 45.1 Å². The lowest BCUT2D eigenvalue weighted by atomic mass is 9.86. The maximum atomic E-state index is 3.79. The molecule has 1 nitrogen and oxygen atoms in total. The van der Waals surface area contributed by atoms with Crippen LogP contribution in [-0.4, -0.2) is 12.6 Å². The van der Waals surface area contributed by atoms with Crippen LogP contribution in [0.2, 0.25) is 0 Å². The molecule has 0 saturated heterocycles. The van der Waals surface area contributed by atoms with Gasteiger partial charge in [0.25, 0.3) is 0 Å². The van der Waals surface area contributed by atoms with Gasteiger partial charge in [-0.05, 0) is 50.0 Å². The van der Waals surface area contributed by atoms with Crippen LogP contribution in [0.1, 0.15) is 66.2 Å². The summed E-state index contributed by atoms with van der Waals surface area (Å²) in [6.07, 6.45) is 8.31. The minimum absolute atomic E-state index is 0.775. The molecule has 16 heavy (non-hydrogen) atoms. The number of hydrogen-bond donors (Lipinski definition) is 1. The van der Waals surface area contributed by atoms with E-state index in [1.54, 1.807) is 0 Å². The highest BCUT2D eigenvalue weighted by atomic mass is 14.9. The van der Waals surface area contributed by atoms with Crippen molar-refractivity contribution in [2.24, 2.45) is 17.8 Å². The molecule has 1 saturated carbocycles. The first kappa shape index (κ1) is 14.0. The lowest BCUT2D eigenvalue weighted by molar-refractivity contribution is 0.275. The largest absolute Gasteiger partial charge is 0.314 e. The minimum atomic E-state index is 0.775. The molecular weight excluding hydrogens is 194 g/mol. The van der Waals surface area contributed by atoms with Crippen LogP contribution in [0.15, 0.2) is 0 Å². The van der Waals surface area contributed by atoms with E-state index in [0.29, 0.717) is 0 Å². The second kappa shape index (κ2) is 7.32. The van der Waals surface area contributed by atoms with Gasteiger partial charge in [0.1, 0.15) is 0 Å². The third kappa shape index (κ3) is 4.45. The molecule has 0 bridgehead atoms. The van der Waals surface area contributed by atoms with Crippen LogP contribution in [0.5, 0.6) is 0 Å². The van der Waals surface area contributed by atoms with Crippen molar-refractivity contribution in [3.63, 3.8) is 0 Å². The van der Waals surface area contributed by atoms with E-state index in [0.717, 1.165) is 23.8 Å². The molecule has 0 aliphatic heterocycles. The molecule has 0 heterocycles. The topological polar surface area (TPSA) is 12.0 Å². The Bertz CT molecular complexity index is 170. The highest BCUT2D eigenvalue weighted by molar-refractivity contribution is 4.87. The van der Waals surface area contributed by atoms with Gasteiger partial charge in [0, 0.05) is 6.04 Å². The fraction of sp³-hybridized carbons (Fsp3) is 1.00. The van der Waals surface area contributed by atoms with Gasteiger partial charge in [-0.15, -0.1) is 0 Å². The SMILES string of the molecule is CCCNC(CC(CC)CC)C(C)C1CC1. The van der Waals surface area contributed by atoms with Gasteiger partial charge in [0.05, 0.1) is 0 Å². The van der Waals surface area contributed by atoms with Gasteiger partial charge in [-0.25, -0.2) is 0 Å².